The molecule has 1 aromatic carbocycles. The van der Waals surface area contributed by atoms with E-state index in [1.807, 2.05) is 12.1 Å². The summed E-state index contributed by atoms with van der Waals surface area (Å²) in [5, 5.41) is 24.5. The second kappa shape index (κ2) is 9.36. The Balaban J connectivity index is 1.87. The lowest BCUT2D eigenvalue weighted by Crippen LogP contribution is -2.55. The van der Waals surface area contributed by atoms with Crippen molar-refractivity contribution in [2.75, 3.05) is 46.9 Å². The van der Waals surface area contributed by atoms with Gasteiger partial charge in [-0.05, 0) is 24.7 Å². The summed E-state index contributed by atoms with van der Waals surface area (Å²) in [6.45, 7) is 3.82. The Kier molecular flexibility index (Phi) is 7.17. The lowest BCUT2D eigenvalue weighted by Gasteiger charge is -2.34. The smallest absolute Gasteiger partial charge is 0.206 e. The molecule has 1 unspecified atom stereocenters. The van der Waals surface area contributed by atoms with Gasteiger partial charge in [0.05, 0.1) is 19.8 Å². The van der Waals surface area contributed by atoms with E-state index in [0.717, 1.165) is 25.4 Å². The zero-order valence-corrected chi connectivity index (χ0v) is 14.8. The van der Waals surface area contributed by atoms with E-state index in [2.05, 4.69) is 39.8 Å². The average Bonchev–Trinajstić information content (AvgIpc) is 2.66. The minimum absolute atomic E-state index is 0.0510. The second-order valence-electron chi connectivity index (χ2n) is 6.12. The van der Waals surface area contributed by atoms with Gasteiger partial charge in [-0.25, -0.2) is 0 Å². The molecule has 1 heterocycles. The van der Waals surface area contributed by atoms with Crippen molar-refractivity contribution in [3.05, 3.63) is 29.8 Å². The molecule has 1 fully saturated rings. The number of rotatable bonds is 8. The summed E-state index contributed by atoms with van der Waals surface area (Å²) < 4.78 is 11.0. The predicted octanol–water partition coefficient (Wildman–Crippen LogP) is 0.491. The fourth-order valence-electron chi connectivity index (χ4n) is 2.84. The van der Waals surface area contributed by atoms with Crippen molar-refractivity contribution in [1.82, 2.24) is 15.5 Å². The summed E-state index contributed by atoms with van der Waals surface area (Å²) in [6, 6.07) is 12.1. The predicted molar refractivity (Wildman–Crippen MR) is 93.9 cm³/mol. The van der Waals surface area contributed by atoms with Crippen LogP contribution >= 0.6 is 0 Å². The number of nitriles is 2. The van der Waals surface area contributed by atoms with Gasteiger partial charge in [0.25, 0.3) is 0 Å². The van der Waals surface area contributed by atoms with Crippen molar-refractivity contribution in [2.45, 2.75) is 18.2 Å². The van der Waals surface area contributed by atoms with Crippen LogP contribution in [0.3, 0.4) is 0 Å². The molecular formula is C18H25N5O2. The maximum absolute atomic E-state index is 9.29. The van der Waals surface area contributed by atoms with Crippen LogP contribution < -0.4 is 15.4 Å². The van der Waals surface area contributed by atoms with Gasteiger partial charge in [0, 0.05) is 32.7 Å². The Morgan fingerprint density at radius 1 is 1.32 bits per heavy atom. The molecule has 1 aliphatic heterocycles. The minimum Gasteiger partial charge on any atom is -0.497 e. The van der Waals surface area contributed by atoms with Gasteiger partial charge in [-0.3, -0.25) is 10.2 Å². The minimum atomic E-state index is -1.23. The van der Waals surface area contributed by atoms with Crippen molar-refractivity contribution in [1.29, 1.82) is 10.5 Å². The zero-order valence-electron chi connectivity index (χ0n) is 14.8. The number of nitrogens with one attached hydrogen (secondary N) is 2. The number of likely N-dealkylation sites (N-methyl/N-ethyl adjacent to an activating group) is 1. The highest BCUT2D eigenvalue weighted by molar-refractivity contribution is 5.27. The van der Waals surface area contributed by atoms with Crippen molar-refractivity contribution >= 4 is 0 Å². The monoisotopic (exact) mass is 343 g/mol. The zero-order chi connectivity index (χ0) is 18.1. The Morgan fingerprint density at radius 3 is 2.64 bits per heavy atom. The Morgan fingerprint density at radius 2 is 2.04 bits per heavy atom. The molecule has 1 aromatic rings. The standard InChI is InChI=1S/C18H25N5O2/c1-21-14-18(12-19,13-20)22-9-17-11-23(7-8-25-17)10-15-3-5-16(24-2)6-4-15/h3-6,17,21-22H,7-11,14H2,1-2H3. The van der Waals surface area contributed by atoms with Crippen molar-refractivity contribution in [2.24, 2.45) is 0 Å². The molecule has 1 aliphatic rings. The number of nitrogens with zero attached hydrogens (tertiary/aromatic N) is 3. The van der Waals surface area contributed by atoms with E-state index < -0.39 is 5.54 Å². The molecule has 134 valence electrons. The van der Waals surface area contributed by atoms with Crippen molar-refractivity contribution in [3.8, 4) is 17.9 Å². The Bertz CT molecular complexity index is 606. The molecule has 7 nitrogen and oxygen atoms in total. The number of hydrogen-bond donors (Lipinski definition) is 2. The van der Waals surface area contributed by atoms with E-state index in [1.165, 1.54) is 5.56 Å². The third-order valence-corrected chi connectivity index (χ3v) is 4.24. The van der Waals surface area contributed by atoms with Gasteiger partial charge in [-0.15, -0.1) is 0 Å². The summed E-state index contributed by atoms with van der Waals surface area (Å²) in [5.41, 5.74) is -0.0101. The summed E-state index contributed by atoms with van der Waals surface area (Å²) in [6.07, 6.45) is -0.0510. The first kappa shape index (κ1) is 19.2. The summed E-state index contributed by atoms with van der Waals surface area (Å²) >= 11 is 0. The maximum Gasteiger partial charge on any atom is 0.206 e. The van der Waals surface area contributed by atoms with Gasteiger partial charge in [0.15, 0.2) is 0 Å². The molecule has 25 heavy (non-hydrogen) atoms. The molecule has 0 aromatic heterocycles. The van der Waals surface area contributed by atoms with Crippen LogP contribution in [0.15, 0.2) is 24.3 Å². The summed E-state index contributed by atoms with van der Waals surface area (Å²) in [7, 11) is 3.38. The topological polar surface area (TPSA) is 93.3 Å². The van der Waals surface area contributed by atoms with E-state index in [1.54, 1.807) is 14.2 Å². The number of methoxy groups -OCH3 is 1. The molecule has 1 atom stereocenters. The maximum atomic E-state index is 9.29. The quantitative estimate of drug-likeness (QED) is 0.709. The van der Waals surface area contributed by atoms with E-state index in [9.17, 15) is 10.5 Å². The van der Waals surface area contributed by atoms with Crippen LogP contribution in [0.1, 0.15) is 5.56 Å². The molecule has 7 heteroatoms. The van der Waals surface area contributed by atoms with Crippen molar-refractivity contribution in [3.63, 3.8) is 0 Å². The summed E-state index contributed by atoms with van der Waals surface area (Å²) in [4.78, 5) is 2.32. The highest BCUT2D eigenvalue weighted by Gasteiger charge is 2.31. The molecular weight excluding hydrogens is 318 g/mol. The SMILES string of the molecule is CNCC(C#N)(C#N)NCC1CN(Cc2ccc(OC)cc2)CCO1. The van der Waals surface area contributed by atoms with E-state index in [0.29, 0.717) is 13.2 Å². The van der Waals surface area contributed by atoms with Gasteiger partial charge < -0.3 is 14.8 Å². The van der Waals surface area contributed by atoms with Crippen LogP contribution in [0.25, 0.3) is 0 Å². The first-order chi connectivity index (χ1) is 12.1. The molecule has 0 amide bonds. The third kappa shape index (κ3) is 5.42. The Hall–Kier alpha value is -2.16. The molecule has 0 saturated carbocycles. The van der Waals surface area contributed by atoms with Gasteiger partial charge in [-0.2, -0.15) is 10.5 Å². The molecule has 0 bridgehead atoms. The second-order valence-corrected chi connectivity index (χ2v) is 6.12. The average molecular weight is 343 g/mol. The van der Waals surface area contributed by atoms with Gasteiger partial charge in [0.1, 0.15) is 17.9 Å². The van der Waals surface area contributed by atoms with Gasteiger partial charge in [0.2, 0.25) is 5.54 Å². The van der Waals surface area contributed by atoms with Crippen LogP contribution in [0, 0.1) is 22.7 Å². The van der Waals surface area contributed by atoms with Crippen molar-refractivity contribution < 1.29 is 9.47 Å². The molecule has 0 radical (unpaired) electrons. The fourth-order valence-corrected chi connectivity index (χ4v) is 2.84. The molecule has 2 N–H and O–H groups in total. The normalized spacial score (nSPS) is 18.3. The number of hydrogen-bond acceptors (Lipinski definition) is 7. The lowest BCUT2D eigenvalue weighted by molar-refractivity contribution is -0.0312. The summed E-state index contributed by atoms with van der Waals surface area (Å²) in [5.74, 6) is 0.849. The number of benzene rings is 1. The highest BCUT2D eigenvalue weighted by Crippen LogP contribution is 2.15. The first-order valence-electron chi connectivity index (χ1n) is 8.33. The lowest BCUT2D eigenvalue weighted by atomic mass is 10.0. The molecule has 0 spiro atoms. The van der Waals surface area contributed by atoms with Crippen LogP contribution in [-0.2, 0) is 11.3 Å². The highest BCUT2D eigenvalue weighted by atomic mass is 16.5. The van der Waals surface area contributed by atoms with E-state index in [4.69, 9.17) is 9.47 Å². The third-order valence-electron chi connectivity index (χ3n) is 4.24. The van der Waals surface area contributed by atoms with Gasteiger partial charge >= 0.3 is 0 Å². The van der Waals surface area contributed by atoms with E-state index >= 15 is 0 Å². The Labute approximate surface area is 149 Å². The first-order valence-corrected chi connectivity index (χ1v) is 8.33. The fraction of sp³-hybridized carbons (Fsp3) is 0.556. The van der Waals surface area contributed by atoms with Crippen LogP contribution in [0.5, 0.6) is 5.75 Å². The molecule has 2 rings (SSSR count). The molecule has 1 saturated heterocycles. The van der Waals surface area contributed by atoms with E-state index in [-0.39, 0.29) is 12.6 Å². The van der Waals surface area contributed by atoms with Crippen LogP contribution in [-0.4, -0.2) is 63.5 Å². The van der Waals surface area contributed by atoms with Crippen LogP contribution in [0.2, 0.25) is 0 Å². The van der Waals surface area contributed by atoms with Gasteiger partial charge in [-0.1, -0.05) is 12.1 Å². The largest absolute Gasteiger partial charge is 0.497 e. The van der Waals surface area contributed by atoms with Crippen LogP contribution in [0.4, 0.5) is 0 Å². The molecule has 0 aliphatic carbocycles. The number of ether oxygens (including phenoxy) is 2. The number of morpholine rings is 1.